The molecule has 9 heteroatoms. The Kier molecular flexibility index (Phi) is 5.97. The molecule has 1 aromatic carbocycles. The van der Waals surface area contributed by atoms with Gasteiger partial charge in [0, 0.05) is 12.5 Å². The number of nitrogens with two attached hydrogens (primary N) is 1. The zero-order valence-electron chi connectivity index (χ0n) is 17.2. The van der Waals surface area contributed by atoms with Gasteiger partial charge in [0.1, 0.15) is 18.3 Å². The van der Waals surface area contributed by atoms with Crippen LogP contribution in [0.3, 0.4) is 0 Å². The summed E-state index contributed by atoms with van der Waals surface area (Å²) >= 11 is 0. The fourth-order valence-electron chi connectivity index (χ4n) is 3.70. The van der Waals surface area contributed by atoms with Crippen molar-refractivity contribution in [1.29, 1.82) is 0 Å². The monoisotopic (exact) mass is 410 g/mol. The van der Waals surface area contributed by atoms with Gasteiger partial charge in [-0.2, -0.15) is 9.67 Å². The predicted molar refractivity (Wildman–Crippen MR) is 111 cm³/mol. The minimum atomic E-state index is 0.179. The van der Waals surface area contributed by atoms with E-state index in [4.69, 9.17) is 19.9 Å². The quantitative estimate of drug-likeness (QED) is 0.633. The van der Waals surface area contributed by atoms with Gasteiger partial charge in [-0.25, -0.2) is 9.97 Å². The molecule has 9 nitrogen and oxygen atoms in total. The van der Waals surface area contributed by atoms with Gasteiger partial charge in [0.25, 0.3) is 0 Å². The topological polar surface area (TPSA) is 110 Å². The molecule has 2 aromatic heterocycles. The van der Waals surface area contributed by atoms with Crippen molar-refractivity contribution in [3.63, 3.8) is 0 Å². The SMILES string of the molecule is COc1ccc(Cc2nc(N)nn2-c2cc(OC3CCCCC3)ncn2)cc1OC. The molecular weight excluding hydrogens is 384 g/mol. The molecular formula is C21H26N6O3. The van der Waals surface area contributed by atoms with Crippen molar-refractivity contribution in [2.75, 3.05) is 20.0 Å². The van der Waals surface area contributed by atoms with Crippen LogP contribution in [0.4, 0.5) is 5.95 Å². The van der Waals surface area contributed by atoms with Crippen LogP contribution in [0.2, 0.25) is 0 Å². The van der Waals surface area contributed by atoms with Crippen molar-refractivity contribution in [2.24, 2.45) is 0 Å². The summed E-state index contributed by atoms with van der Waals surface area (Å²) in [5, 5.41) is 4.32. The maximum Gasteiger partial charge on any atom is 0.240 e. The zero-order chi connectivity index (χ0) is 20.9. The molecule has 0 spiro atoms. The highest BCUT2D eigenvalue weighted by molar-refractivity contribution is 5.44. The number of hydrogen-bond donors (Lipinski definition) is 1. The van der Waals surface area contributed by atoms with Gasteiger partial charge < -0.3 is 19.9 Å². The Morgan fingerprint density at radius 3 is 2.60 bits per heavy atom. The maximum atomic E-state index is 6.06. The molecule has 0 radical (unpaired) electrons. The van der Waals surface area contributed by atoms with E-state index in [1.165, 1.54) is 25.6 Å². The summed E-state index contributed by atoms with van der Waals surface area (Å²) in [5.41, 5.74) is 6.88. The second-order valence-electron chi connectivity index (χ2n) is 7.26. The third-order valence-corrected chi connectivity index (χ3v) is 5.18. The van der Waals surface area contributed by atoms with Gasteiger partial charge in [0.15, 0.2) is 17.3 Å². The van der Waals surface area contributed by atoms with Crippen LogP contribution < -0.4 is 19.9 Å². The first-order valence-corrected chi connectivity index (χ1v) is 10.1. The Bertz CT molecular complexity index is 1000. The highest BCUT2D eigenvalue weighted by atomic mass is 16.5. The fraction of sp³-hybridized carbons (Fsp3) is 0.429. The summed E-state index contributed by atoms with van der Waals surface area (Å²) in [5.74, 6) is 3.26. The molecule has 4 rings (SSSR count). The van der Waals surface area contributed by atoms with Gasteiger partial charge in [0.2, 0.25) is 11.8 Å². The van der Waals surface area contributed by atoms with Crippen molar-refractivity contribution in [3.05, 3.63) is 42.0 Å². The number of methoxy groups -OCH3 is 2. The summed E-state index contributed by atoms with van der Waals surface area (Å²) in [4.78, 5) is 13.0. The van der Waals surface area contributed by atoms with Gasteiger partial charge in [-0.15, -0.1) is 5.10 Å². The van der Waals surface area contributed by atoms with Crippen LogP contribution >= 0.6 is 0 Å². The van der Waals surface area contributed by atoms with E-state index in [0.717, 1.165) is 18.4 Å². The lowest BCUT2D eigenvalue weighted by Gasteiger charge is -2.22. The Morgan fingerprint density at radius 1 is 1.03 bits per heavy atom. The molecule has 0 aliphatic heterocycles. The van der Waals surface area contributed by atoms with E-state index in [0.29, 0.717) is 35.4 Å². The second kappa shape index (κ2) is 8.98. The van der Waals surface area contributed by atoms with Crippen LogP contribution in [-0.2, 0) is 6.42 Å². The first-order chi connectivity index (χ1) is 14.7. The average Bonchev–Trinajstić information content (AvgIpc) is 3.14. The number of rotatable bonds is 7. The summed E-state index contributed by atoms with van der Waals surface area (Å²) in [6.07, 6.45) is 7.94. The molecule has 0 amide bonds. The van der Waals surface area contributed by atoms with E-state index in [9.17, 15) is 0 Å². The van der Waals surface area contributed by atoms with E-state index in [-0.39, 0.29) is 12.1 Å². The van der Waals surface area contributed by atoms with E-state index < -0.39 is 0 Å². The van der Waals surface area contributed by atoms with Gasteiger partial charge in [-0.1, -0.05) is 12.5 Å². The number of nitrogen functional groups attached to an aromatic ring is 1. The summed E-state index contributed by atoms with van der Waals surface area (Å²) < 4.78 is 18.4. The average molecular weight is 410 g/mol. The number of anilines is 1. The van der Waals surface area contributed by atoms with Crippen LogP contribution in [0, 0.1) is 0 Å². The molecule has 0 bridgehead atoms. The minimum Gasteiger partial charge on any atom is -0.493 e. The molecule has 2 heterocycles. The first kappa shape index (κ1) is 19.9. The van der Waals surface area contributed by atoms with Gasteiger partial charge in [-0.3, -0.25) is 0 Å². The smallest absolute Gasteiger partial charge is 0.240 e. The van der Waals surface area contributed by atoms with Crippen molar-refractivity contribution >= 4 is 5.95 Å². The lowest BCUT2D eigenvalue weighted by molar-refractivity contribution is 0.148. The summed E-state index contributed by atoms with van der Waals surface area (Å²) in [7, 11) is 3.22. The number of benzene rings is 1. The number of aromatic nitrogens is 5. The van der Waals surface area contributed by atoms with E-state index >= 15 is 0 Å². The third-order valence-electron chi connectivity index (χ3n) is 5.18. The Labute approximate surface area is 175 Å². The molecule has 3 aromatic rings. The third kappa shape index (κ3) is 4.45. The molecule has 0 unspecified atom stereocenters. The molecule has 158 valence electrons. The Hall–Kier alpha value is -3.36. The molecule has 1 aliphatic carbocycles. The lowest BCUT2D eigenvalue weighted by Crippen LogP contribution is -2.20. The Morgan fingerprint density at radius 2 is 1.83 bits per heavy atom. The second-order valence-corrected chi connectivity index (χ2v) is 7.26. The van der Waals surface area contributed by atoms with Crippen molar-refractivity contribution < 1.29 is 14.2 Å². The van der Waals surface area contributed by atoms with Crippen molar-refractivity contribution in [3.8, 4) is 23.2 Å². The van der Waals surface area contributed by atoms with Crippen LogP contribution in [0.15, 0.2) is 30.6 Å². The molecule has 1 aliphatic rings. The molecule has 1 fully saturated rings. The summed E-state index contributed by atoms with van der Waals surface area (Å²) in [6.45, 7) is 0. The molecule has 1 saturated carbocycles. The van der Waals surface area contributed by atoms with E-state index in [1.54, 1.807) is 25.0 Å². The number of hydrogen-bond acceptors (Lipinski definition) is 8. The van der Waals surface area contributed by atoms with Crippen molar-refractivity contribution in [1.82, 2.24) is 24.7 Å². The highest BCUT2D eigenvalue weighted by Gasteiger charge is 2.18. The highest BCUT2D eigenvalue weighted by Crippen LogP contribution is 2.29. The van der Waals surface area contributed by atoms with Crippen LogP contribution in [0.5, 0.6) is 17.4 Å². The number of ether oxygens (including phenoxy) is 3. The van der Waals surface area contributed by atoms with Crippen LogP contribution in [0.25, 0.3) is 5.82 Å². The van der Waals surface area contributed by atoms with Gasteiger partial charge >= 0.3 is 0 Å². The van der Waals surface area contributed by atoms with Crippen LogP contribution in [-0.4, -0.2) is 45.1 Å². The van der Waals surface area contributed by atoms with Gasteiger partial charge in [-0.05, 0) is 43.4 Å². The summed E-state index contributed by atoms with van der Waals surface area (Å²) in [6, 6.07) is 7.50. The van der Waals surface area contributed by atoms with Crippen molar-refractivity contribution in [2.45, 2.75) is 44.6 Å². The van der Waals surface area contributed by atoms with Crippen LogP contribution in [0.1, 0.15) is 43.5 Å². The molecule has 2 N–H and O–H groups in total. The van der Waals surface area contributed by atoms with E-state index in [2.05, 4.69) is 20.1 Å². The zero-order valence-corrected chi connectivity index (χ0v) is 17.2. The minimum absolute atomic E-state index is 0.179. The maximum absolute atomic E-state index is 6.06. The van der Waals surface area contributed by atoms with Gasteiger partial charge in [0.05, 0.1) is 14.2 Å². The first-order valence-electron chi connectivity index (χ1n) is 10.1. The molecule has 30 heavy (non-hydrogen) atoms. The standard InChI is InChI=1S/C21H26N6O3/c1-28-16-9-8-14(10-17(16)29-2)11-19-25-21(22)26-27(19)18-12-20(24-13-23-18)30-15-6-4-3-5-7-15/h8-10,12-13,15H,3-7,11H2,1-2H3,(H2,22,26). The lowest BCUT2D eigenvalue weighted by atomic mass is 9.98. The normalized spacial score (nSPS) is 14.5. The number of nitrogens with zero attached hydrogens (tertiary/aromatic N) is 5. The predicted octanol–water partition coefficient (Wildman–Crippen LogP) is 2.96. The fourth-order valence-corrected chi connectivity index (χ4v) is 3.70. The van der Waals surface area contributed by atoms with E-state index in [1.807, 2.05) is 18.2 Å². The molecule has 0 saturated heterocycles. The largest absolute Gasteiger partial charge is 0.493 e. The molecule has 0 atom stereocenters. The Balaban J connectivity index is 1.58.